The molecule has 5 heteroatoms. The summed E-state index contributed by atoms with van der Waals surface area (Å²) in [5.74, 6) is 0.493. The van der Waals surface area contributed by atoms with Gasteiger partial charge in [-0.15, -0.1) is 0 Å². The monoisotopic (exact) mass is 327 g/mol. The zero-order valence-electron chi connectivity index (χ0n) is 14.0. The number of ether oxygens (including phenoxy) is 1. The summed E-state index contributed by atoms with van der Waals surface area (Å²) in [5.41, 5.74) is 1.27. The average Bonchev–Trinajstić information content (AvgIpc) is 3.17. The van der Waals surface area contributed by atoms with E-state index >= 15 is 0 Å². The maximum Gasteiger partial charge on any atom is 0.226 e. The van der Waals surface area contributed by atoms with Gasteiger partial charge in [-0.05, 0) is 37.0 Å². The van der Waals surface area contributed by atoms with E-state index in [1.165, 1.54) is 5.56 Å². The highest BCUT2D eigenvalue weighted by Gasteiger charge is 2.39. The molecule has 0 saturated carbocycles. The number of amides is 1. The normalized spacial score (nSPS) is 28.1. The van der Waals surface area contributed by atoms with Crippen molar-refractivity contribution in [2.45, 2.75) is 38.0 Å². The van der Waals surface area contributed by atoms with Crippen LogP contribution in [0.1, 0.15) is 24.8 Å². The van der Waals surface area contributed by atoms with E-state index in [1.807, 2.05) is 12.4 Å². The van der Waals surface area contributed by atoms with Crippen molar-refractivity contribution in [2.75, 3.05) is 26.2 Å². The molecule has 4 rings (SSSR count). The first-order chi connectivity index (χ1) is 11.8. The van der Waals surface area contributed by atoms with E-state index in [0.717, 1.165) is 52.0 Å². The number of morpholine rings is 1. The number of fused-ring (bicyclic) bond motifs is 1. The molecule has 5 nitrogen and oxygen atoms in total. The number of nitrogens with zero attached hydrogens (tertiary/aromatic N) is 3. The largest absolute Gasteiger partial charge is 0.375 e. The van der Waals surface area contributed by atoms with Crippen LogP contribution in [0, 0.1) is 5.92 Å². The first kappa shape index (κ1) is 15.8. The number of carbonyl (C=O) groups is 1. The van der Waals surface area contributed by atoms with Crippen LogP contribution in [0.5, 0.6) is 0 Å². The van der Waals surface area contributed by atoms with Crippen molar-refractivity contribution in [3.63, 3.8) is 0 Å². The Bertz CT molecular complexity index is 596. The summed E-state index contributed by atoms with van der Waals surface area (Å²) in [4.78, 5) is 21.4. The molecule has 24 heavy (non-hydrogen) atoms. The second-order valence-corrected chi connectivity index (χ2v) is 7.02. The van der Waals surface area contributed by atoms with E-state index in [2.05, 4.69) is 39.1 Å². The zero-order valence-corrected chi connectivity index (χ0v) is 14.0. The van der Waals surface area contributed by atoms with Gasteiger partial charge in [0.15, 0.2) is 0 Å². The first-order valence-electron chi connectivity index (χ1n) is 8.99. The minimum absolute atomic E-state index is 0.166. The number of carbonyl (C=O) groups excluding carboxylic acids is 1. The molecule has 128 valence electrons. The van der Waals surface area contributed by atoms with Crippen molar-refractivity contribution in [3.8, 4) is 0 Å². The van der Waals surface area contributed by atoms with E-state index in [4.69, 9.17) is 4.74 Å². The lowest BCUT2D eigenvalue weighted by Gasteiger charge is -2.47. The highest BCUT2D eigenvalue weighted by molar-refractivity contribution is 5.79. The van der Waals surface area contributed by atoms with Crippen LogP contribution < -0.4 is 0 Å². The molecule has 1 aliphatic carbocycles. The van der Waals surface area contributed by atoms with Gasteiger partial charge in [0.05, 0.1) is 18.8 Å². The van der Waals surface area contributed by atoms with Crippen LogP contribution in [0.15, 0.2) is 36.7 Å². The number of hydrogen-bond donors (Lipinski definition) is 0. The summed E-state index contributed by atoms with van der Waals surface area (Å²) in [7, 11) is 0. The molecule has 0 radical (unpaired) electrons. The highest BCUT2D eigenvalue weighted by Crippen LogP contribution is 2.27. The van der Waals surface area contributed by atoms with Crippen LogP contribution in [0.2, 0.25) is 0 Å². The Morgan fingerprint density at radius 2 is 2.00 bits per heavy atom. The number of rotatable bonds is 3. The molecular formula is C19H25N3O2. The Balaban J connectivity index is 1.44. The Morgan fingerprint density at radius 3 is 2.79 bits per heavy atom. The molecule has 1 aromatic rings. The van der Waals surface area contributed by atoms with Gasteiger partial charge in [0.1, 0.15) is 0 Å². The minimum atomic E-state index is 0.166. The third kappa shape index (κ3) is 3.23. The zero-order chi connectivity index (χ0) is 16.4. The Hall–Kier alpha value is -1.72. The molecule has 1 aromatic heterocycles. The maximum atomic E-state index is 12.8. The fourth-order valence-electron chi connectivity index (χ4n) is 4.14. The SMILES string of the molecule is O=C(C1CC=CC1)N1CC[C@@H]2OCCN(Cc3ccncc3)[C@H]2C1. The molecule has 0 unspecified atom stereocenters. The molecule has 0 bridgehead atoms. The molecule has 0 aromatic carbocycles. The second kappa shape index (κ2) is 7.03. The van der Waals surface area contributed by atoms with Gasteiger partial charge in [-0.2, -0.15) is 0 Å². The fourth-order valence-corrected chi connectivity index (χ4v) is 4.14. The van der Waals surface area contributed by atoms with Crippen LogP contribution in [0.4, 0.5) is 0 Å². The topological polar surface area (TPSA) is 45.7 Å². The Morgan fingerprint density at radius 1 is 1.21 bits per heavy atom. The molecule has 3 heterocycles. The van der Waals surface area contributed by atoms with E-state index in [0.29, 0.717) is 11.9 Å². The van der Waals surface area contributed by atoms with Crippen molar-refractivity contribution in [1.29, 1.82) is 0 Å². The molecule has 3 aliphatic rings. The summed E-state index contributed by atoms with van der Waals surface area (Å²) in [6, 6.07) is 4.44. The van der Waals surface area contributed by atoms with Gasteiger partial charge >= 0.3 is 0 Å². The van der Waals surface area contributed by atoms with Gasteiger partial charge in [-0.3, -0.25) is 14.7 Å². The lowest BCUT2D eigenvalue weighted by Crippen LogP contribution is -2.60. The smallest absolute Gasteiger partial charge is 0.226 e. The van der Waals surface area contributed by atoms with Gasteiger partial charge < -0.3 is 9.64 Å². The predicted molar refractivity (Wildman–Crippen MR) is 91.2 cm³/mol. The molecule has 2 fully saturated rings. The van der Waals surface area contributed by atoms with Crippen molar-refractivity contribution < 1.29 is 9.53 Å². The standard InChI is InChI=1S/C19H25N3O2/c23-19(16-3-1-2-4-16)22-10-7-18-17(14-22)21(11-12-24-18)13-15-5-8-20-9-6-15/h1-2,5-6,8-9,16-18H,3-4,7,10-14H2/t17-,18-/m0/s1. The summed E-state index contributed by atoms with van der Waals surface area (Å²) < 4.78 is 6.00. The van der Waals surface area contributed by atoms with Crippen molar-refractivity contribution >= 4 is 5.91 Å². The number of aromatic nitrogens is 1. The van der Waals surface area contributed by atoms with E-state index < -0.39 is 0 Å². The average molecular weight is 327 g/mol. The van der Waals surface area contributed by atoms with Gasteiger partial charge in [0.25, 0.3) is 0 Å². The van der Waals surface area contributed by atoms with E-state index in [9.17, 15) is 4.79 Å². The number of allylic oxidation sites excluding steroid dienone is 2. The molecule has 0 N–H and O–H groups in total. The summed E-state index contributed by atoms with van der Waals surface area (Å²) in [6.45, 7) is 4.24. The lowest BCUT2D eigenvalue weighted by atomic mass is 9.96. The molecule has 1 amide bonds. The van der Waals surface area contributed by atoms with Crippen LogP contribution in [0.3, 0.4) is 0 Å². The van der Waals surface area contributed by atoms with Gasteiger partial charge in [0, 0.05) is 44.5 Å². The summed E-state index contributed by atoms with van der Waals surface area (Å²) in [5, 5.41) is 0. The second-order valence-electron chi connectivity index (χ2n) is 7.02. The molecule has 2 saturated heterocycles. The predicted octanol–water partition coefficient (Wildman–Crippen LogP) is 1.85. The number of hydrogen-bond acceptors (Lipinski definition) is 4. The highest BCUT2D eigenvalue weighted by atomic mass is 16.5. The fraction of sp³-hybridized carbons (Fsp3) is 0.579. The van der Waals surface area contributed by atoms with Crippen molar-refractivity contribution in [1.82, 2.24) is 14.8 Å². The van der Waals surface area contributed by atoms with Gasteiger partial charge in [-0.25, -0.2) is 0 Å². The van der Waals surface area contributed by atoms with Gasteiger partial charge in [0.2, 0.25) is 5.91 Å². The van der Waals surface area contributed by atoms with Crippen molar-refractivity contribution in [2.24, 2.45) is 5.92 Å². The Labute approximate surface area is 143 Å². The van der Waals surface area contributed by atoms with Crippen LogP contribution in [-0.4, -0.2) is 59.1 Å². The lowest BCUT2D eigenvalue weighted by molar-refractivity contribution is -0.147. The van der Waals surface area contributed by atoms with E-state index in [-0.39, 0.29) is 12.0 Å². The summed E-state index contributed by atoms with van der Waals surface area (Å²) >= 11 is 0. The number of piperidine rings is 1. The number of pyridine rings is 1. The minimum Gasteiger partial charge on any atom is -0.375 e. The molecular weight excluding hydrogens is 302 g/mol. The van der Waals surface area contributed by atoms with Crippen LogP contribution >= 0.6 is 0 Å². The van der Waals surface area contributed by atoms with Crippen LogP contribution in [0.25, 0.3) is 0 Å². The summed E-state index contributed by atoms with van der Waals surface area (Å²) in [6.07, 6.45) is 11.0. The quantitative estimate of drug-likeness (QED) is 0.795. The molecule has 0 spiro atoms. The Kier molecular flexibility index (Phi) is 4.63. The number of likely N-dealkylation sites (tertiary alicyclic amines) is 1. The third-order valence-electron chi connectivity index (χ3n) is 5.50. The van der Waals surface area contributed by atoms with E-state index in [1.54, 1.807) is 0 Å². The third-order valence-corrected chi connectivity index (χ3v) is 5.50. The molecule has 2 atom stereocenters. The molecule has 2 aliphatic heterocycles. The maximum absolute atomic E-state index is 12.8. The first-order valence-corrected chi connectivity index (χ1v) is 8.99. The van der Waals surface area contributed by atoms with Gasteiger partial charge in [-0.1, -0.05) is 12.2 Å². The van der Waals surface area contributed by atoms with Crippen molar-refractivity contribution in [3.05, 3.63) is 42.2 Å². The van der Waals surface area contributed by atoms with Crippen LogP contribution in [-0.2, 0) is 16.1 Å².